The molecule has 0 bridgehead atoms. The zero-order chi connectivity index (χ0) is 12.4. The molecule has 90 valence electrons. The van der Waals surface area contributed by atoms with Gasteiger partial charge in [-0.1, -0.05) is 13.3 Å². The summed E-state index contributed by atoms with van der Waals surface area (Å²) in [4.78, 5) is 16.4. The van der Waals surface area contributed by atoms with E-state index in [1.807, 2.05) is 19.9 Å². The van der Waals surface area contributed by atoms with Crippen molar-refractivity contribution in [3.63, 3.8) is 0 Å². The van der Waals surface area contributed by atoms with Gasteiger partial charge in [-0.2, -0.15) is 0 Å². The first-order valence-electron chi connectivity index (χ1n) is 6.11. The maximum Gasteiger partial charge on any atom is 0.252 e. The highest BCUT2D eigenvalue weighted by molar-refractivity contribution is 5.76. The Morgan fingerprint density at radius 1 is 1.29 bits per heavy atom. The van der Waals surface area contributed by atoms with Crippen molar-refractivity contribution in [3.05, 3.63) is 39.8 Å². The minimum absolute atomic E-state index is 0.0432. The number of hydrogen-bond donors (Lipinski definition) is 0. The largest absolute Gasteiger partial charge is 0.293 e. The fourth-order valence-corrected chi connectivity index (χ4v) is 1.94. The van der Waals surface area contributed by atoms with Gasteiger partial charge in [-0.15, -0.1) is 0 Å². The third kappa shape index (κ3) is 2.23. The molecule has 0 aliphatic heterocycles. The summed E-state index contributed by atoms with van der Waals surface area (Å²) in [5.74, 6) is 0. The summed E-state index contributed by atoms with van der Waals surface area (Å²) in [6.07, 6.45) is 2.08. The number of fused-ring (bicyclic) bond motifs is 1. The first kappa shape index (κ1) is 11.8. The summed E-state index contributed by atoms with van der Waals surface area (Å²) in [5, 5.41) is 1.05. The number of rotatable bonds is 3. The van der Waals surface area contributed by atoms with Gasteiger partial charge in [0.1, 0.15) is 5.65 Å². The molecular weight excluding hydrogens is 212 g/mol. The summed E-state index contributed by atoms with van der Waals surface area (Å²) >= 11 is 0. The molecule has 0 amide bonds. The van der Waals surface area contributed by atoms with Gasteiger partial charge in [0.25, 0.3) is 5.56 Å². The van der Waals surface area contributed by atoms with Crippen LogP contribution in [0.3, 0.4) is 0 Å². The molecule has 0 aliphatic rings. The Kier molecular flexibility index (Phi) is 3.27. The standard InChI is InChI=1S/C14H18N2O/c1-4-5-8-16-13(17)7-6-12-9-10(2)11(3)15-14(12)16/h6-7,9H,4-5,8H2,1-3H3. The lowest BCUT2D eigenvalue weighted by Crippen LogP contribution is -2.20. The highest BCUT2D eigenvalue weighted by Crippen LogP contribution is 2.14. The van der Waals surface area contributed by atoms with E-state index in [0.29, 0.717) is 0 Å². The maximum atomic E-state index is 11.9. The molecule has 0 aromatic carbocycles. The molecule has 0 aliphatic carbocycles. The Hall–Kier alpha value is -1.64. The monoisotopic (exact) mass is 230 g/mol. The van der Waals surface area contributed by atoms with Gasteiger partial charge in [-0.3, -0.25) is 9.36 Å². The van der Waals surface area contributed by atoms with Crippen LogP contribution in [0.25, 0.3) is 11.0 Å². The van der Waals surface area contributed by atoms with Gasteiger partial charge < -0.3 is 0 Å². The van der Waals surface area contributed by atoms with Crippen LogP contribution >= 0.6 is 0 Å². The van der Waals surface area contributed by atoms with Crippen molar-refractivity contribution in [3.8, 4) is 0 Å². The van der Waals surface area contributed by atoms with E-state index in [-0.39, 0.29) is 5.56 Å². The summed E-state index contributed by atoms with van der Waals surface area (Å²) in [6.45, 7) is 6.90. The molecule has 0 saturated heterocycles. The van der Waals surface area contributed by atoms with Crippen molar-refractivity contribution in [2.24, 2.45) is 0 Å². The molecule has 0 radical (unpaired) electrons. The normalized spacial score (nSPS) is 11.0. The SMILES string of the molecule is CCCCn1c(=O)ccc2cc(C)c(C)nc21. The second kappa shape index (κ2) is 4.70. The van der Waals surface area contributed by atoms with Crippen molar-refractivity contribution in [2.45, 2.75) is 40.2 Å². The number of aryl methyl sites for hydroxylation is 3. The molecule has 0 N–H and O–H groups in total. The molecule has 2 rings (SSSR count). The van der Waals surface area contributed by atoms with Crippen LogP contribution in [0.2, 0.25) is 0 Å². The summed E-state index contributed by atoms with van der Waals surface area (Å²) in [7, 11) is 0. The van der Waals surface area contributed by atoms with Crippen LogP contribution in [0.1, 0.15) is 31.0 Å². The molecule has 2 aromatic heterocycles. The van der Waals surface area contributed by atoms with E-state index in [2.05, 4.69) is 18.0 Å². The van der Waals surface area contributed by atoms with Crippen LogP contribution in [-0.2, 0) is 6.54 Å². The van der Waals surface area contributed by atoms with E-state index in [9.17, 15) is 4.79 Å². The molecule has 0 unspecified atom stereocenters. The summed E-state index contributed by atoms with van der Waals surface area (Å²) in [6, 6.07) is 5.59. The average Bonchev–Trinajstić information content (AvgIpc) is 2.30. The van der Waals surface area contributed by atoms with Crippen LogP contribution in [0.4, 0.5) is 0 Å². The van der Waals surface area contributed by atoms with Crippen LogP contribution in [0.5, 0.6) is 0 Å². The highest BCUT2D eigenvalue weighted by Gasteiger charge is 2.05. The Labute approximate surface area is 101 Å². The van der Waals surface area contributed by atoms with Crippen molar-refractivity contribution in [2.75, 3.05) is 0 Å². The quantitative estimate of drug-likeness (QED) is 0.812. The summed E-state index contributed by atoms with van der Waals surface area (Å²) < 4.78 is 1.78. The Morgan fingerprint density at radius 3 is 2.76 bits per heavy atom. The fraction of sp³-hybridized carbons (Fsp3) is 0.429. The minimum Gasteiger partial charge on any atom is -0.293 e. The number of pyridine rings is 2. The van der Waals surface area contributed by atoms with Crippen LogP contribution < -0.4 is 5.56 Å². The second-order valence-electron chi connectivity index (χ2n) is 4.48. The van der Waals surface area contributed by atoms with E-state index in [4.69, 9.17) is 0 Å². The smallest absolute Gasteiger partial charge is 0.252 e. The van der Waals surface area contributed by atoms with Crippen molar-refractivity contribution in [1.82, 2.24) is 9.55 Å². The van der Waals surface area contributed by atoms with E-state index >= 15 is 0 Å². The van der Waals surface area contributed by atoms with E-state index in [1.165, 1.54) is 0 Å². The fourth-order valence-electron chi connectivity index (χ4n) is 1.94. The molecular formula is C14H18N2O. The lowest BCUT2D eigenvalue weighted by molar-refractivity contribution is 0.626. The van der Waals surface area contributed by atoms with Crippen molar-refractivity contribution >= 4 is 11.0 Å². The first-order valence-corrected chi connectivity index (χ1v) is 6.11. The Balaban J connectivity index is 2.67. The topological polar surface area (TPSA) is 34.9 Å². The lowest BCUT2D eigenvalue weighted by atomic mass is 10.1. The van der Waals surface area contributed by atoms with Gasteiger partial charge in [0, 0.05) is 23.7 Å². The molecule has 17 heavy (non-hydrogen) atoms. The van der Waals surface area contributed by atoms with Crippen LogP contribution in [0.15, 0.2) is 23.0 Å². The molecule has 3 nitrogen and oxygen atoms in total. The first-order chi connectivity index (χ1) is 8.13. The number of hydrogen-bond acceptors (Lipinski definition) is 2. The zero-order valence-electron chi connectivity index (χ0n) is 10.7. The molecule has 0 saturated carbocycles. The number of aromatic nitrogens is 2. The second-order valence-corrected chi connectivity index (χ2v) is 4.48. The van der Waals surface area contributed by atoms with Gasteiger partial charge >= 0.3 is 0 Å². The molecule has 2 aromatic rings. The zero-order valence-corrected chi connectivity index (χ0v) is 10.7. The molecule has 2 heterocycles. The molecule has 0 fully saturated rings. The van der Waals surface area contributed by atoms with Gasteiger partial charge in [0.15, 0.2) is 0 Å². The van der Waals surface area contributed by atoms with Gasteiger partial charge in [0.2, 0.25) is 0 Å². The van der Waals surface area contributed by atoms with Gasteiger partial charge in [0.05, 0.1) is 0 Å². The third-order valence-electron chi connectivity index (χ3n) is 3.14. The average molecular weight is 230 g/mol. The lowest BCUT2D eigenvalue weighted by Gasteiger charge is -2.10. The van der Waals surface area contributed by atoms with Crippen LogP contribution in [-0.4, -0.2) is 9.55 Å². The maximum absolute atomic E-state index is 11.9. The Morgan fingerprint density at radius 2 is 2.06 bits per heavy atom. The molecule has 0 spiro atoms. The number of unbranched alkanes of at least 4 members (excludes halogenated alkanes) is 1. The number of nitrogens with zero attached hydrogens (tertiary/aromatic N) is 2. The van der Waals surface area contributed by atoms with E-state index in [0.717, 1.165) is 41.7 Å². The molecule has 0 atom stereocenters. The summed E-state index contributed by atoms with van der Waals surface area (Å²) in [5.41, 5.74) is 3.02. The predicted octanol–water partition coefficient (Wildman–Crippen LogP) is 2.81. The predicted molar refractivity (Wildman–Crippen MR) is 70.4 cm³/mol. The van der Waals surface area contributed by atoms with Gasteiger partial charge in [-0.25, -0.2) is 4.98 Å². The van der Waals surface area contributed by atoms with Gasteiger partial charge in [-0.05, 0) is 38.0 Å². The minimum atomic E-state index is 0.0432. The van der Waals surface area contributed by atoms with Crippen molar-refractivity contribution < 1.29 is 0 Å². The molecule has 3 heteroatoms. The highest BCUT2D eigenvalue weighted by atomic mass is 16.1. The van der Waals surface area contributed by atoms with E-state index < -0.39 is 0 Å². The van der Waals surface area contributed by atoms with E-state index in [1.54, 1.807) is 10.6 Å². The Bertz CT molecular complexity index is 599. The van der Waals surface area contributed by atoms with Crippen molar-refractivity contribution in [1.29, 1.82) is 0 Å². The third-order valence-corrected chi connectivity index (χ3v) is 3.14. The van der Waals surface area contributed by atoms with Crippen LogP contribution in [0, 0.1) is 13.8 Å².